The summed E-state index contributed by atoms with van der Waals surface area (Å²) in [5.74, 6) is -1.19. The smallest absolute Gasteiger partial charge is 0.310 e. The first-order valence-corrected chi connectivity index (χ1v) is 7.57. The molecule has 0 unspecified atom stereocenters. The van der Waals surface area contributed by atoms with E-state index in [0.29, 0.717) is 0 Å². The summed E-state index contributed by atoms with van der Waals surface area (Å²) < 4.78 is 4.99. The first-order chi connectivity index (χ1) is 11.5. The number of rotatable bonds is 6. The Labute approximate surface area is 140 Å². The maximum absolute atomic E-state index is 11.9. The molecule has 0 aliphatic heterocycles. The molecule has 0 spiro atoms. The molecule has 0 fully saturated rings. The van der Waals surface area contributed by atoms with Crippen molar-refractivity contribution >= 4 is 28.6 Å². The third kappa shape index (κ3) is 4.81. The maximum atomic E-state index is 11.9. The van der Waals surface area contributed by atoms with Gasteiger partial charge in [0, 0.05) is 14.1 Å². The van der Waals surface area contributed by atoms with Crippen molar-refractivity contribution in [3.05, 3.63) is 48.0 Å². The molecule has 2 aromatic carbocycles. The second-order valence-electron chi connectivity index (χ2n) is 5.44. The van der Waals surface area contributed by atoms with Crippen LogP contribution in [0, 0.1) is 0 Å². The van der Waals surface area contributed by atoms with Crippen molar-refractivity contribution in [3.63, 3.8) is 0 Å². The van der Waals surface area contributed by atoms with E-state index >= 15 is 0 Å². The van der Waals surface area contributed by atoms with Gasteiger partial charge >= 0.3 is 5.97 Å². The van der Waals surface area contributed by atoms with E-state index in [4.69, 9.17) is 4.74 Å². The predicted octanol–water partition coefficient (Wildman–Crippen LogP) is 1.13. The van der Waals surface area contributed by atoms with Crippen LogP contribution in [0.4, 0.5) is 0 Å². The van der Waals surface area contributed by atoms with E-state index in [2.05, 4.69) is 5.32 Å². The van der Waals surface area contributed by atoms with Crippen LogP contribution in [0.5, 0.6) is 0 Å². The van der Waals surface area contributed by atoms with Gasteiger partial charge in [0.25, 0.3) is 5.91 Å². The Morgan fingerprint density at radius 3 is 2.50 bits per heavy atom. The fourth-order valence-electron chi connectivity index (χ4n) is 2.20. The number of nitrogens with one attached hydrogen (secondary N) is 1. The number of hydrogen-bond acceptors (Lipinski definition) is 4. The topological polar surface area (TPSA) is 75.7 Å². The number of hydrogen-bond donors (Lipinski definition) is 1. The van der Waals surface area contributed by atoms with Gasteiger partial charge < -0.3 is 15.0 Å². The molecule has 0 aliphatic carbocycles. The van der Waals surface area contributed by atoms with Crippen molar-refractivity contribution in [2.75, 3.05) is 27.2 Å². The maximum Gasteiger partial charge on any atom is 0.310 e. The highest BCUT2D eigenvalue weighted by atomic mass is 16.5. The molecule has 2 amide bonds. The molecular weight excluding hydrogens is 308 g/mol. The predicted molar refractivity (Wildman–Crippen MR) is 90.3 cm³/mol. The number of carbonyl (C=O) groups is 3. The third-order valence-corrected chi connectivity index (χ3v) is 3.60. The first-order valence-electron chi connectivity index (χ1n) is 7.57. The van der Waals surface area contributed by atoms with Crippen LogP contribution in [0.25, 0.3) is 10.8 Å². The molecule has 0 aromatic heterocycles. The second kappa shape index (κ2) is 8.10. The molecule has 6 heteroatoms. The Morgan fingerprint density at radius 1 is 1.08 bits per heavy atom. The van der Waals surface area contributed by atoms with Gasteiger partial charge in [-0.3, -0.25) is 14.4 Å². The quantitative estimate of drug-likeness (QED) is 0.807. The minimum atomic E-state index is -0.480. The molecule has 6 nitrogen and oxygen atoms in total. The average Bonchev–Trinajstić information content (AvgIpc) is 2.59. The molecule has 0 aliphatic rings. The lowest BCUT2D eigenvalue weighted by Gasteiger charge is -2.15. The fourth-order valence-corrected chi connectivity index (χ4v) is 2.20. The lowest BCUT2D eigenvalue weighted by molar-refractivity contribution is -0.151. The number of likely N-dealkylation sites (N-methyl/N-ethyl adjacent to an activating group) is 2. The summed E-state index contributed by atoms with van der Waals surface area (Å²) in [6.07, 6.45) is 0.0945. The lowest BCUT2D eigenvalue weighted by atomic mass is 10.1. The highest BCUT2D eigenvalue weighted by molar-refractivity contribution is 5.87. The second-order valence-corrected chi connectivity index (χ2v) is 5.44. The molecule has 0 saturated heterocycles. The monoisotopic (exact) mass is 328 g/mol. The first kappa shape index (κ1) is 17.5. The van der Waals surface area contributed by atoms with Crippen molar-refractivity contribution in [2.24, 2.45) is 0 Å². The van der Waals surface area contributed by atoms with Gasteiger partial charge in [-0.05, 0) is 16.3 Å². The number of esters is 1. The van der Waals surface area contributed by atoms with Crippen molar-refractivity contribution in [3.8, 4) is 0 Å². The van der Waals surface area contributed by atoms with Crippen LogP contribution in [0.2, 0.25) is 0 Å². The van der Waals surface area contributed by atoms with Crippen molar-refractivity contribution < 1.29 is 19.1 Å². The molecule has 1 N–H and O–H groups in total. The summed E-state index contributed by atoms with van der Waals surface area (Å²) >= 11 is 0. The lowest BCUT2D eigenvalue weighted by Crippen LogP contribution is -2.39. The van der Waals surface area contributed by atoms with E-state index in [1.54, 1.807) is 0 Å². The van der Waals surface area contributed by atoms with Gasteiger partial charge in [-0.1, -0.05) is 42.5 Å². The Bertz CT molecular complexity index is 758. The highest BCUT2D eigenvalue weighted by Crippen LogP contribution is 2.16. The Balaban J connectivity index is 1.86. The number of benzene rings is 2. The van der Waals surface area contributed by atoms with E-state index in [-0.39, 0.29) is 25.5 Å². The van der Waals surface area contributed by atoms with Gasteiger partial charge in [0.15, 0.2) is 6.61 Å². The molecule has 0 saturated carbocycles. The Hall–Kier alpha value is -2.89. The molecule has 0 bridgehead atoms. The summed E-state index contributed by atoms with van der Waals surface area (Å²) in [5.41, 5.74) is 0.824. The van der Waals surface area contributed by atoms with E-state index in [1.807, 2.05) is 42.5 Å². The van der Waals surface area contributed by atoms with Crippen LogP contribution in [-0.4, -0.2) is 49.9 Å². The standard InChI is InChI=1S/C18H20N2O4/c1-19-16(21)11-20(2)17(22)12-24-18(23)10-13-7-8-14-5-3-4-6-15(14)9-13/h3-9H,10-12H2,1-2H3,(H,19,21). The number of amides is 2. The number of ether oxygens (including phenoxy) is 1. The zero-order chi connectivity index (χ0) is 17.5. The van der Waals surface area contributed by atoms with Crippen molar-refractivity contribution in [1.29, 1.82) is 0 Å². The number of carbonyl (C=O) groups excluding carboxylic acids is 3. The molecule has 126 valence electrons. The summed E-state index contributed by atoms with van der Waals surface area (Å²) in [7, 11) is 2.97. The van der Waals surface area contributed by atoms with E-state index in [1.165, 1.54) is 19.0 Å². The van der Waals surface area contributed by atoms with E-state index < -0.39 is 11.9 Å². The zero-order valence-corrected chi connectivity index (χ0v) is 13.7. The van der Waals surface area contributed by atoms with Crippen molar-refractivity contribution in [2.45, 2.75) is 6.42 Å². The van der Waals surface area contributed by atoms with Gasteiger partial charge in [0.2, 0.25) is 5.91 Å². The van der Waals surface area contributed by atoms with E-state index in [0.717, 1.165) is 16.3 Å². The van der Waals surface area contributed by atoms with Gasteiger partial charge in [0.1, 0.15) is 0 Å². The van der Waals surface area contributed by atoms with E-state index in [9.17, 15) is 14.4 Å². The summed E-state index contributed by atoms with van der Waals surface area (Å²) in [6.45, 7) is -0.447. The normalized spacial score (nSPS) is 10.2. The largest absolute Gasteiger partial charge is 0.455 e. The SMILES string of the molecule is CNC(=O)CN(C)C(=O)COC(=O)Cc1ccc2ccccc2c1. The van der Waals surface area contributed by atoms with Crippen molar-refractivity contribution in [1.82, 2.24) is 10.2 Å². The fraction of sp³-hybridized carbons (Fsp3) is 0.278. The Morgan fingerprint density at radius 2 is 1.79 bits per heavy atom. The van der Waals surface area contributed by atoms with Crippen LogP contribution in [-0.2, 0) is 25.5 Å². The number of fused-ring (bicyclic) bond motifs is 1. The van der Waals surface area contributed by atoms with Crippen LogP contribution >= 0.6 is 0 Å². The van der Waals surface area contributed by atoms with Gasteiger partial charge in [-0.15, -0.1) is 0 Å². The van der Waals surface area contributed by atoms with Crippen LogP contribution in [0.1, 0.15) is 5.56 Å². The molecule has 2 aromatic rings. The number of nitrogens with zero attached hydrogens (tertiary/aromatic N) is 1. The molecule has 0 heterocycles. The van der Waals surface area contributed by atoms with Gasteiger partial charge in [-0.2, -0.15) is 0 Å². The minimum absolute atomic E-state index is 0.0719. The summed E-state index contributed by atoms with van der Waals surface area (Å²) in [4.78, 5) is 36.1. The molecular formula is C18H20N2O4. The highest BCUT2D eigenvalue weighted by Gasteiger charge is 2.14. The van der Waals surface area contributed by atoms with Gasteiger partial charge in [0.05, 0.1) is 13.0 Å². The average molecular weight is 328 g/mol. The van der Waals surface area contributed by atoms with Gasteiger partial charge in [-0.25, -0.2) is 0 Å². The molecule has 2 rings (SSSR count). The third-order valence-electron chi connectivity index (χ3n) is 3.60. The summed E-state index contributed by atoms with van der Waals surface area (Å²) in [5, 5.41) is 4.57. The molecule has 24 heavy (non-hydrogen) atoms. The van der Waals surface area contributed by atoms with Crippen LogP contribution < -0.4 is 5.32 Å². The molecule has 0 atom stereocenters. The zero-order valence-electron chi connectivity index (χ0n) is 13.7. The Kier molecular flexibility index (Phi) is 5.89. The van der Waals surface area contributed by atoms with Crippen LogP contribution in [0.15, 0.2) is 42.5 Å². The minimum Gasteiger partial charge on any atom is -0.455 e. The van der Waals surface area contributed by atoms with Crippen LogP contribution in [0.3, 0.4) is 0 Å². The summed E-state index contributed by atoms with van der Waals surface area (Å²) in [6, 6.07) is 13.6. The molecule has 0 radical (unpaired) electrons.